The van der Waals surface area contributed by atoms with Gasteiger partial charge in [0.2, 0.25) is 0 Å². The Hall–Kier alpha value is -2.08. The highest BCUT2D eigenvalue weighted by Gasteiger charge is 2.09. The Labute approximate surface area is 142 Å². The van der Waals surface area contributed by atoms with Crippen molar-refractivity contribution in [3.63, 3.8) is 0 Å². The van der Waals surface area contributed by atoms with Gasteiger partial charge in [0, 0.05) is 16.6 Å². The molecule has 0 aliphatic heterocycles. The van der Waals surface area contributed by atoms with Crippen molar-refractivity contribution < 1.29 is 18.7 Å². The third kappa shape index (κ3) is 4.69. The minimum absolute atomic E-state index is 0.282. The second-order valence-electron chi connectivity index (χ2n) is 4.85. The zero-order chi connectivity index (χ0) is 16.8. The Morgan fingerprint density at radius 3 is 2.52 bits per heavy atom. The Morgan fingerprint density at radius 2 is 1.87 bits per heavy atom. The first kappa shape index (κ1) is 17.3. The smallest absolute Gasteiger partial charge is 0.251 e. The molecule has 0 spiro atoms. The van der Waals surface area contributed by atoms with Gasteiger partial charge in [0.1, 0.15) is 5.82 Å². The summed E-state index contributed by atoms with van der Waals surface area (Å²) in [5.41, 5.74) is 1.28. The van der Waals surface area contributed by atoms with Crippen LogP contribution in [0.25, 0.3) is 0 Å². The van der Waals surface area contributed by atoms with Crippen molar-refractivity contribution in [2.45, 2.75) is 6.42 Å². The van der Waals surface area contributed by atoms with Crippen LogP contribution in [-0.2, 0) is 6.42 Å². The molecule has 0 saturated carbocycles. The van der Waals surface area contributed by atoms with Crippen molar-refractivity contribution >= 4 is 21.8 Å². The van der Waals surface area contributed by atoms with E-state index in [9.17, 15) is 9.18 Å². The van der Waals surface area contributed by atoms with Gasteiger partial charge in [-0.25, -0.2) is 4.39 Å². The van der Waals surface area contributed by atoms with E-state index in [-0.39, 0.29) is 11.5 Å². The molecule has 0 aliphatic rings. The highest BCUT2D eigenvalue weighted by Crippen LogP contribution is 2.27. The summed E-state index contributed by atoms with van der Waals surface area (Å²) in [7, 11) is 3.15. The van der Waals surface area contributed by atoms with E-state index in [1.54, 1.807) is 20.3 Å². The molecule has 0 radical (unpaired) electrons. The minimum atomic E-state index is -0.454. The van der Waals surface area contributed by atoms with Crippen molar-refractivity contribution in [2.24, 2.45) is 0 Å². The number of hydrogen-bond donors (Lipinski definition) is 1. The highest BCUT2D eigenvalue weighted by molar-refractivity contribution is 9.10. The minimum Gasteiger partial charge on any atom is -0.493 e. The van der Waals surface area contributed by atoms with Crippen molar-refractivity contribution in [1.29, 1.82) is 0 Å². The summed E-state index contributed by atoms with van der Waals surface area (Å²) >= 11 is 3.17. The summed E-state index contributed by atoms with van der Waals surface area (Å²) in [6.07, 6.45) is 0.628. The van der Waals surface area contributed by atoms with Crippen LogP contribution < -0.4 is 14.8 Å². The fraction of sp³-hybridized carbons (Fsp3) is 0.235. The van der Waals surface area contributed by atoms with Crippen LogP contribution >= 0.6 is 15.9 Å². The van der Waals surface area contributed by atoms with E-state index in [2.05, 4.69) is 21.2 Å². The molecular formula is C17H17BrFNO3. The Bertz CT molecular complexity index is 686. The molecule has 0 fully saturated rings. The van der Waals surface area contributed by atoms with E-state index >= 15 is 0 Å². The third-order valence-corrected chi connectivity index (χ3v) is 3.73. The van der Waals surface area contributed by atoms with Gasteiger partial charge < -0.3 is 14.8 Å². The number of ether oxygens (including phenoxy) is 2. The molecule has 1 N–H and O–H groups in total. The van der Waals surface area contributed by atoms with Crippen LogP contribution in [0.4, 0.5) is 4.39 Å². The van der Waals surface area contributed by atoms with E-state index in [4.69, 9.17) is 9.47 Å². The molecular weight excluding hydrogens is 365 g/mol. The number of halogens is 2. The fourth-order valence-corrected chi connectivity index (χ4v) is 2.61. The predicted molar refractivity (Wildman–Crippen MR) is 89.7 cm³/mol. The second-order valence-corrected chi connectivity index (χ2v) is 5.77. The summed E-state index contributed by atoms with van der Waals surface area (Å²) in [4.78, 5) is 12.0. The molecule has 0 saturated heterocycles. The molecule has 2 rings (SSSR count). The zero-order valence-electron chi connectivity index (χ0n) is 12.9. The maximum absolute atomic E-state index is 13.3. The lowest BCUT2D eigenvalue weighted by molar-refractivity contribution is 0.0953. The molecule has 4 nitrogen and oxygen atoms in total. The Balaban J connectivity index is 1.95. The maximum atomic E-state index is 13.3. The standard InChI is InChI=1S/C17H17BrFNO3/c1-22-15-4-3-11(7-16(15)23-2)5-6-20-17(21)12-8-13(18)10-14(19)9-12/h3-4,7-10H,5-6H2,1-2H3,(H,20,21). The molecule has 0 aliphatic carbocycles. The Kier molecular flexibility index (Phi) is 5.98. The average molecular weight is 382 g/mol. The van der Waals surface area contributed by atoms with Gasteiger partial charge in [-0.2, -0.15) is 0 Å². The van der Waals surface area contributed by atoms with Crippen LogP contribution in [0.2, 0.25) is 0 Å². The average Bonchev–Trinajstić information content (AvgIpc) is 2.53. The van der Waals surface area contributed by atoms with E-state index in [0.717, 1.165) is 5.56 Å². The van der Waals surface area contributed by atoms with Gasteiger partial charge in [-0.15, -0.1) is 0 Å². The molecule has 1 amide bonds. The molecule has 0 unspecified atom stereocenters. The highest BCUT2D eigenvalue weighted by atomic mass is 79.9. The SMILES string of the molecule is COc1ccc(CCNC(=O)c2cc(F)cc(Br)c2)cc1OC. The number of carbonyl (C=O) groups excluding carboxylic acids is 1. The van der Waals surface area contributed by atoms with Crippen LogP contribution in [0.3, 0.4) is 0 Å². The maximum Gasteiger partial charge on any atom is 0.251 e. The third-order valence-electron chi connectivity index (χ3n) is 3.27. The van der Waals surface area contributed by atoms with Crippen LogP contribution in [0, 0.1) is 5.82 Å². The summed E-state index contributed by atoms with van der Waals surface area (Å²) < 4.78 is 24.2. The summed E-state index contributed by atoms with van der Waals surface area (Å²) in [5.74, 6) is 0.533. The van der Waals surface area contributed by atoms with Crippen LogP contribution in [0.5, 0.6) is 11.5 Å². The number of carbonyl (C=O) groups is 1. The summed E-state index contributed by atoms with van der Waals surface area (Å²) in [5, 5.41) is 2.77. The van der Waals surface area contributed by atoms with Crippen molar-refractivity contribution in [3.05, 3.63) is 57.8 Å². The number of hydrogen-bond acceptors (Lipinski definition) is 3. The van der Waals surface area contributed by atoms with Gasteiger partial charge in [-0.3, -0.25) is 4.79 Å². The number of nitrogens with one attached hydrogen (secondary N) is 1. The van der Waals surface area contributed by atoms with E-state index in [1.165, 1.54) is 12.1 Å². The summed E-state index contributed by atoms with van der Waals surface area (Å²) in [6, 6.07) is 9.68. The molecule has 122 valence electrons. The van der Waals surface area contributed by atoms with Gasteiger partial charge >= 0.3 is 0 Å². The molecule has 23 heavy (non-hydrogen) atoms. The number of methoxy groups -OCH3 is 2. The second kappa shape index (κ2) is 7.97. The molecule has 0 aromatic heterocycles. The molecule has 2 aromatic rings. The lowest BCUT2D eigenvalue weighted by Gasteiger charge is -2.10. The van der Waals surface area contributed by atoms with Gasteiger partial charge in [-0.05, 0) is 42.3 Å². The molecule has 0 heterocycles. The number of rotatable bonds is 6. The zero-order valence-corrected chi connectivity index (χ0v) is 14.4. The van der Waals surface area contributed by atoms with Crippen molar-refractivity contribution in [2.75, 3.05) is 20.8 Å². The van der Waals surface area contributed by atoms with Gasteiger partial charge in [-0.1, -0.05) is 22.0 Å². The molecule has 6 heteroatoms. The van der Waals surface area contributed by atoms with Gasteiger partial charge in [0.15, 0.2) is 11.5 Å². The van der Waals surface area contributed by atoms with E-state index in [1.807, 2.05) is 18.2 Å². The number of benzene rings is 2. The van der Waals surface area contributed by atoms with Gasteiger partial charge in [0.05, 0.1) is 14.2 Å². The first-order valence-corrected chi connectivity index (χ1v) is 7.78. The van der Waals surface area contributed by atoms with E-state index < -0.39 is 5.82 Å². The molecule has 2 aromatic carbocycles. The van der Waals surface area contributed by atoms with Crippen LogP contribution in [0.15, 0.2) is 40.9 Å². The molecule has 0 bridgehead atoms. The lowest BCUT2D eigenvalue weighted by Crippen LogP contribution is -2.25. The summed E-state index contributed by atoms with van der Waals surface area (Å²) in [6.45, 7) is 0.433. The largest absolute Gasteiger partial charge is 0.493 e. The fourth-order valence-electron chi connectivity index (χ4n) is 2.14. The van der Waals surface area contributed by atoms with Crippen molar-refractivity contribution in [1.82, 2.24) is 5.32 Å². The van der Waals surface area contributed by atoms with Crippen molar-refractivity contribution in [3.8, 4) is 11.5 Å². The number of amides is 1. The normalized spacial score (nSPS) is 10.3. The molecule has 0 atom stereocenters. The lowest BCUT2D eigenvalue weighted by atomic mass is 10.1. The van der Waals surface area contributed by atoms with E-state index in [0.29, 0.717) is 28.9 Å². The topological polar surface area (TPSA) is 47.6 Å². The first-order chi connectivity index (χ1) is 11.0. The Morgan fingerprint density at radius 1 is 1.13 bits per heavy atom. The first-order valence-electron chi connectivity index (χ1n) is 6.98. The monoisotopic (exact) mass is 381 g/mol. The van der Waals surface area contributed by atoms with Gasteiger partial charge in [0.25, 0.3) is 5.91 Å². The quantitative estimate of drug-likeness (QED) is 0.831. The van der Waals surface area contributed by atoms with Crippen LogP contribution in [0.1, 0.15) is 15.9 Å². The van der Waals surface area contributed by atoms with Crippen LogP contribution in [-0.4, -0.2) is 26.7 Å². The predicted octanol–water partition coefficient (Wildman–Crippen LogP) is 3.58.